The fraction of sp³-hybridized carbons (Fsp3) is 0. The predicted octanol–water partition coefficient (Wildman–Crippen LogP) is -2.75. The summed E-state index contributed by atoms with van der Waals surface area (Å²) in [6, 6.07) is 0. The molecule has 0 fully saturated rings. The summed E-state index contributed by atoms with van der Waals surface area (Å²) in [5.74, 6) is 0. The van der Waals surface area contributed by atoms with Crippen molar-refractivity contribution in [3.63, 3.8) is 0 Å². The molecule has 26 valence electrons. The molecule has 0 atom stereocenters. The van der Waals surface area contributed by atoms with E-state index in [-0.39, 0.29) is 17.4 Å². The molecule has 0 nitrogen and oxygen atoms in total. The van der Waals surface area contributed by atoms with Crippen LogP contribution in [0.2, 0.25) is 0 Å². The summed E-state index contributed by atoms with van der Waals surface area (Å²) in [5, 5.41) is 0. The maximum absolute atomic E-state index is 2.63. The summed E-state index contributed by atoms with van der Waals surface area (Å²) >= 11 is 3.13. The molecular weight excluding hydrogens is 276 g/mol. The molecule has 0 aromatic rings. The van der Waals surface area contributed by atoms with Gasteiger partial charge in [0.1, 0.15) is 0 Å². The quantitative estimate of drug-likeness (QED) is 0.423. The van der Waals surface area contributed by atoms with E-state index < -0.39 is 0 Å². The Balaban J connectivity index is 0. The number of hydrogen-bond acceptors (Lipinski definition) is 0. The van der Waals surface area contributed by atoms with Gasteiger partial charge in [-0.25, -0.2) is 0 Å². The molecule has 0 bridgehead atoms. The van der Waals surface area contributed by atoms with Crippen molar-refractivity contribution in [1.82, 2.24) is 0 Å². The van der Waals surface area contributed by atoms with E-state index in [1.807, 2.05) is 0 Å². The average Bonchev–Trinajstić information content (AvgIpc) is 0.918. The van der Waals surface area contributed by atoms with Crippen molar-refractivity contribution in [1.29, 1.82) is 0 Å². The minimum absolute atomic E-state index is 0. The number of hydrogen-bond donors (Lipinski definition) is 0. The molecule has 4 heteroatoms. The van der Waals surface area contributed by atoms with Crippen molar-refractivity contribution >= 4 is 41.4 Å². The Morgan fingerprint density at radius 3 is 1.75 bits per heavy atom. The Morgan fingerprint density at radius 2 is 1.75 bits per heavy atom. The number of rotatable bonds is 0. The summed E-state index contributed by atoms with van der Waals surface area (Å²) in [5.41, 5.74) is 0. The van der Waals surface area contributed by atoms with Crippen LogP contribution in [0.3, 0.4) is 0 Å². The Morgan fingerprint density at radius 1 is 1.75 bits per heavy atom. The van der Waals surface area contributed by atoms with Crippen LogP contribution < -0.4 is 0 Å². The zero-order valence-corrected chi connectivity index (χ0v) is 7.59. The van der Waals surface area contributed by atoms with E-state index in [0.717, 1.165) is 0 Å². The van der Waals surface area contributed by atoms with Crippen LogP contribution >= 0.6 is 0 Å². The molecule has 0 aliphatic rings. The molecule has 0 heterocycles. The van der Waals surface area contributed by atoms with E-state index in [2.05, 4.69) is 17.5 Å². The molecule has 0 radical (unpaired) electrons. The van der Waals surface area contributed by atoms with Crippen molar-refractivity contribution < 1.29 is 17.5 Å². The van der Waals surface area contributed by atoms with Crippen LogP contribution in [0.1, 0.15) is 0 Å². The van der Waals surface area contributed by atoms with E-state index in [1.54, 1.807) is 0 Å². The minimum atomic E-state index is 0. The maximum atomic E-state index is 2.63. The van der Waals surface area contributed by atoms with E-state index in [4.69, 9.17) is 0 Å². The molecule has 0 amide bonds. The van der Waals surface area contributed by atoms with E-state index in [9.17, 15) is 0 Å². The van der Waals surface area contributed by atoms with Crippen molar-refractivity contribution in [2.75, 3.05) is 0 Å². The molecule has 0 aromatic heterocycles. The van der Waals surface area contributed by atoms with E-state index in [0.29, 0.717) is 16.1 Å². The summed E-state index contributed by atoms with van der Waals surface area (Å²) in [6.07, 6.45) is 0. The zero-order valence-electron chi connectivity index (χ0n) is 2.01. The summed E-state index contributed by atoms with van der Waals surface area (Å²) in [7, 11) is 1.48. The molecule has 0 saturated heterocycles. The molecule has 0 aliphatic carbocycles. The Labute approximate surface area is 58.0 Å². The van der Waals surface area contributed by atoms with Crippen LogP contribution in [0, 0.1) is 0 Å². The summed E-state index contributed by atoms with van der Waals surface area (Å²) < 4.78 is 0. The van der Waals surface area contributed by atoms with Crippen LogP contribution in [0.4, 0.5) is 0 Å². The first kappa shape index (κ1) is 9.54. The SMILES string of the molecule is [AlH3].[SiH3][Mg][Au]. The molecule has 0 N–H and O–H groups in total. The normalized spacial score (nSPS) is 3.50. The summed E-state index contributed by atoms with van der Waals surface area (Å²) in [4.78, 5) is 0. The fourth-order valence-electron chi connectivity index (χ4n) is 0. The third-order valence-electron chi connectivity index (χ3n) is 0. The van der Waals surface area contributed by atoms with Gasteiger partial charge >= 0.3 is 41.5 Å². The average molecular weight is 282 g/mol. The van der Waals surface area contributed by atoms with Crippen LogP contribution in [0.15, 0.2) is 0 Å². The standard InChI is InChI=1S/Al.Au.Mg.H3Si.3H/h;;;1H3;;;. The molecule has 0 aliphatic heterocycles. The summed E-state index contributed by atoms with van der Waals surface area (Å²) in [6.45, 7) is 0. The van der Waals surface area contributed by atoms with Gasteiger partial charge in [-0.2, -0.15) is 0 Å². The van der Waals surface area contributed by atoms with Crippen LogP contribution in [0.25, 0.3) is 0 Å². The van der Waals surface area contributed by atoms with Crippen molar-refractivity contribution in [2.24, 2.45) is 0 Å². The van der Waals surface area contributed by atoms with Crippen LogP contribution in [-0.2, 0) is 17.5 Å². The fourth-order valence-corrected chi connectivity index (χ4v) is 0. The third-order valence-corrected chi connectivity index (χ3v) is 0. The first-order chi connectivity index (χ1) is 1.41. The second kappa shape index (κ2) is 8.98. The molecule has 4 heavy (non-hydrogen) atoms. The first-order valence-corrected chi connectivity index (χ1v) is 11.6. The van der Waals surface area contributed by atoms with Gasteiger partial charge in [0.25, 0.3) is 0 Å². The van der Waals surface area contributed by atoms with E-state index in [1.165, 1.54) is 7.89 Å². The van der Waals surface area contributed by atoms with Gasteiger partial charge < -0.3 is 0 Å². The predicted molar refractivity (Wildman–Crippen MR) is 25.6 cm³/mol. The molecule has 0 aromatic carbocycles. The van der Waals surface area contributed by atoms with Gasteiger partial charge in [0, 0.05) is 0 Å². The van der Waals surface area contributed by atoms with Crippen LogP contribution in [-0.4, -0.2) is 41.4 Å². The van der Waals surface area contributed by atoms with E-state index >= 15 is 0 Å². The van der Waals surface area contributed by atoms with Gasteiger partial charge in [-0.05, 0) is 0 Å². The second-order valence-electron chi connectivity index (χ2n) is 0.213. The van der Waals surface area contributed by atoms with Crippen molar-refractivity contribution in [3.8, 4) is 0 Å². The van der Waals surface area contributed by atoms with Gasteiger partial charge in [-0.3, -0.25) is 0 Å². The van der Waals surface area contributed by atoms with Crippen molar-refractivity contribution in [3.05, 3.63) is 0 Å². The Hall–Kier alpha value is 2.26. The van der Waals surface area contributed by atoms with Gasteiger partial charge in [0.05, 0.1) is 0 Å². The Bertz CT molecular complexity index is 8.00. The van der Waals surface area contributed by atoms with Crippen molar-refractivity contribution in [2.45, 2.75) is 0 Å². The van der Waals surface area contributed by atoms with Crippen LogP contribution in [0.5, 0.6) is 0 Å². The third kappa shape index (κ3) is 8.87. The van der Waals surface area contributed by atoms with Gasteiger partial charge in [0.2, 0.25) is 0 Å². The monoisotopic (exact) mass is 282 g/mol. The Kier molecular flexibility index (Phi) is 21.4. The molecule has 0 saturated carbocycles. The zero-order chi connectivity index (χ0) is 2.71. The van der Waals surface area contributed by atoms with Gasteiger partial charge in [-0.15, -0.1) is 0 Å². The van der Waals surface area contributed by atoms with Gasteiger partial charge in [-0.1, -0.05) is 0 Å². The first-order valence-electron chi connectivity index (χ1n) is 0.920. The topological polar surface area (TPSA) is 0 Å². The second-order valence-corrected chi connectivity index (χ2v) is 15.7. The molecule has 0 rings (SSSR count). The molecular formula is H6AlAuMgSi. The van der Waals surface area contributed by atoms with Gasteiger partial charge in [0.15, 0.2) is 17.4 Å². The molecule has 0 spiro atoms. The molecule has 0 unspecified atom stereocenters.